The van der Waals surface area contributed by atoms with Crippen LogP contribution in [0.5, 0.6) is 5.75 Å². The van der Waals surface area contributed by atoms with E-state index >= 15 is 0 Å². The highest BCUT2D eigenvalue weighted by molar-refractivity contribution is 5.99. The topological polar surface area (TPSA) is 88.4 Å². The lowest BCUT2D eigenvalue weighted by Crippen LogP contribution is -2.45. The highest BCUT2D eigenvalue weighted by atomic mass is 19.1. The Bertz CT molecular complexity index is 946. The molecule has 28 heavy (non-hydrogen) atoms. The summed E-state index contributed by atoms with van der Waals surface area (Å²) in [5.74, 6) is -1.25. The normalized spacial score (nSPS) is 15.3. The maximum Gasteiger partial charge on any atom is 0.308 e. The summed E-state index contributed by atoms with van der Waals surface area (Å²) in [6.07, 6.45) is 0.687. The van der Waals surface area contributed by atoms with Crippen LogP contribution in [-0.2, 0) is 19.7 Å². The van der Waals surface area contributed by atoms with Crippen LogP contribution in [0.15, 0.2) is 42.5 Å². The van der Waals surface area contributed by atoms with E-state index in [1.54, 1.807) is 18.2 Å². The molecule has 0 aromatic heterocycles. The minimum Gasteiger partial charge on any atom is -0.425 e. The first kappa shape index (κ1) is 19.5. The summed E-state index contributed by atoms with van der Waals surface area (Å²) in [5.41, 5.74) is -0.266. The molecule has 1 heterocycles. The first-order valence-corrected chi connectivity index (χ1v) is 8.83. The van der Waals surface area contributed by atoms with E-state index in [0.717, 1.165) is 0 Å². The third-order valence-electron chi connectivity index (χ3n) is 4.78. The van der Waals surface area contributed by atoms with Crippen molar-refractivity contribution in [1.82, 2.24) is 0 Å². The van der Waals surface area contributed by atoms with Crippen molar-refractivity contribution >= 4 is 17.6 Å². The average Bonchev–Trinajstić information content (AvgIpc) is 2.69. The molecule has 0 bridgehead atoms. The molecule has 0 unspecified atom stereocenters. The third-order valence-corrected chi connectivity index (χ3v) is 4.78. The van der Waals surface area contributed by atoms with E-state index in [9.17, 15) is 19.2 Å². The molecular formula is C21H19FN2O4. The molecule has 0 aliphatic carbocycles. The molecule has 2 aromatic rings. The predicted octanol–water partition coefficient (Wildman–Crippen LogP) is 3.31. The molecule has 1 fully saturated rings. The van der Waals surface area contributed by atoms with Crippen LogP contribution in [0.1, 0.15) is 30.9 Å². The van der Waals surface area contributed by atoms with E-state index in [2.05, 4.69) is 5.32 Å². The zero-order valence-corrected chi connectivity index (χ0v) is 15.3. The molecule has 7 heteroatoms. The van der Waals surface area contributed by atoms with Crippen molar-refractivity contribution in [2.24, 2.45) is 0 Å². The molecule has 2 aromatic carbocycles. The number of hydrogen-bond donors (Lipinski definition) is 1. The summed E-state index contributed by atoms with van der Waals surface area (Å²) in [7, 11) is 0. The van der Waals surface area contributed by atoms with Gasteiger partial charge in [-0.15, -0.1) is 0 Å². The molecule has 144 valence electrons. The minimum atomic E-state index is -1.06. The van der Waals surface area contributed by atoms with Crippen molar-refractivity contribution in [3.05, 3.63) is 59.4 Å². The van der Waals surface area contributed by atoms with Gasteiger partial charge in [-0.05, 0) is 37.1 Å². The first-order valence-electron chi connectivity index (χ1n) is 8.83. The molecule has 0 atom stereocenters. The number of carbonyl (C=O) groups is 2. The SMILES string of the molecule is CC(=O)Oc1ccc(NC(=O)C2(c3ccccc3F)CCOCC2)cc1C#N. The van der Waals surface area contributed by atoms with Crippen LogP contribution >= 0.6 is 0 Å². The summed E-state index contributed by atoms with van der Waals surface area (Å²) < 4.78 is 24.9. The van der Waals surface area contributed by atoms with Crippen molar-refractivity contribution in [2.75, 3.05) is 18.5 Å². The highest BCUT2D eigenvalue weighted by Gasteiger charge is 2.43. The second-order valence-electron chi connectivity index (χ2n) is 6.54. The molecule has 1 aliphatic heterocycles. The molecular weight excluding hydrogens is 363 g/mol. The molecule has 1 N–H and O–H groups in total. The zero-order valence-electron chi connectivity index (χ0n) is 15.3. The van der Waals surface area contributed by atoms with Gasteiger partial charge >= 0.3 is 5.97 Å². The van der Waals surface area contributed by atoms with Crippen LogP contribution in [0, 0.1) is 17.1 Å². The minimum absolute atomic E-state index is 0.111. The van der Waals surface area contributed by atoms with E-state index < -0.39 is 17.2 Å². The van der Waals surface area contributed by atoms with Crippen LogP contribution in [0.25, 0.3) is 0 Å². The van der Waals surface area contributed by atoms with Gasteiger partial charge in [-0.3, -0.25) is 9.59 Å². The van der Waals surface area contributed by atoms with Crippen molar-refractivity contribution in [1.29, 1.82) is 5.26 Å². The van der Waals surface area contributed by atoms with E-state index in [-0.39, 0.29) is 17.2 Å². The van der Waals surface area contributed by atoms with Crippen molar-refractivity contribution in [2.45, 2.75) is 25.2 Å². The van der Waals surface area contributed by atoms with Crippen LogP contribution in [0.2, 0.25) is 0 Å². The standard InChI is InChI=1S/C21H19FN2O4/c1-14(25)28-19-7-6-16(12-15(19)13-23)24-20(26)21(8-10-27-11-9-21)17-4-2-3-5-18(17)22/h2-7,12H,8-11H2,1H3,(H,24,26). The van der Waals surface area contributed by atoms with Crippen LogP contribution in [0.4, 0.5) is 10.1 Å². The lowest BCUT2D eigenvalue weighted by Gasteiger charge is -2.36. The largest absolute Gasteiger partial charge is 0.425 e. The number of halogens is 1. The number of nitrogens with one attached hydrogen (secondary N) is 1. The van der Waals surface area contributed by atoms with Gasteiger partial charge in [0.25, 0.3) is 0 Å². The fourth-order valence-electron chi connectivity index (χ4n) is 3.38. The van der Waals surface area contributed by atoms with Gasteiger partial charge in [0.2, 0.25) is 5.91 Å². The average molecular weight is 382 g/mol. The second-order valence-corrected chi connectivity index (χ2v) is 6.54. The van der Waals surface area contributed by atoms with Gasteiger partial charge in [-0.1, -0.05) is 18.2 Å². The maximum absolute atomic E-state index is 14.5. The van der Waals surface area contributed by atoms with Gasteiger partial charge in [-0.2, -0.15) is 5.26 Å². The Morgan fingerprint density at radius 1 is 1.21 bits per heavy atom. The Morgan fingerprint density at radius 2 is 1.93 bits per heavy atom. The number of ether oxygens (including phenoxy) is 2. The highest BCUT2D eigenvalue weighted by Crippen LogP contribution is 2.37. The summed E-state index contributed by atoms with van der Waals surface area (Å²) >= 11 is 0. The molecule has 6 nitrogen and oxygen atoms in total. The number of hydrogen-bond acceptors (Lipinski definition) is 5. The molecule has 1 saturated heterocycles. The van der Waals surface area contributed by atoms with Gasteiger partial charge in [0, 0.05) is 31.4 Å². The molecule has 1 aliphatic rings. The maximum atomic E-state index is 14.5. The van der Waals surface area contributed by atoms with Crippen LogP contribution < -0.4 is 10.1 Å². The molecule has 0 radical (unpaired) electrons. The first-order chi connectivity index (χ1) is 13.5. The lowest BCUT2D eigenvalue weighted by molar-refractivity contribution is -0.132. The van der Waals surface area contributed by atoms with Crippen molar-refractivity contribution in [3.63, 3.8) is 0 Å². The van der Waals surface area contributed by atoms with Crippen LogP contribution in [-0.4, -0.2) is 25.1 Å². The van der Waals surface area contributed by atoms with Gasteiger partial charge in [0.1, 0.15) is 17.6 Å². The number of esters is 1. The molecule has 0 saturated carbocycles. The summed E-state index contributed by atoms with van der Waals surface area (Å²) in [6, 6.07) is 12.6. The molecule has 3 rings (SSSR count). The van der Waals surface area contributed by atoms with Crippen LogP contribution in [0.3, 0.4) is 0 Å². The number of carbonyl (C=O) groups excluding carboxylic acids is 2. The molecule has 0 spiro atoms. The van der Waals surface area contributed by atoms with Gasteiger partial charge in [0.05, 0.1) is 11.0 Å². The third kappa shape index (κ3) is 3.87. The Hall–Kier alpha value is -3.24. The number of benzene rings is 2. The van der Waals surface area contributed by atoms with Gasteiger partial charge in [-0.25, -0.2) is 4.39 Å². The fourth-order valence-corrected chi connectivity index (χ4v) is 3.38. The van der Waals surface area contributed by atoms with Crippen molar-refractivity contribution in [3.8, 4) is 11.8 Å². The summed E-state index contributed by atoms with van der Waals surface area (Å²) in [6.45, 7) is 1.92. The smallest absolute Gasteiger partial charge is 0.308 e. The Kier molecular flexibility index (Phi) is 5.71. The van der Waals surface area contributed by atoms with Gasteiger partial charge < -0.3 is 14.8 Å². The Morgan fingerprint density at radius 3 is 2.57 bits per heavy atom. The molecule has 1 amide bonds. The number of amides is 1. The number of nitrogens with zero attached hydrogens (tertiary/aromatic N) is 1. The number of rotatable bonds is 4. The predicted molar refractivity (Wildman–Crippen MR) is 99.2 cm³/mol. The fraction of sp³-hybridized carbons (Fsp3) is 0.286. The lowest BCUT2D eigenvalue weighted by atomic mass is 9.73. The van der Waals surface area contributed by atoms with Crippen molar-refractivity contribution < 1.29 is 23.5 Å². The number of nitriles is 1. The summed E-state index contributed by atoms with van der Waals surface area (Å²) in [4.78, 5) is 24.3. The quantitative estimate of drug-likeness (QED) is 0.647. The Balaban J connectivity index is 1.92. The Labute approximate surface area is 161 Å². The summed E-state index contributed by atoms with van der Waals surface area (Å²) in [5, 5.41) is 12.1. The second kappa shape index (κ2) is 8.19. The monoisotopic (exact) mass is 382 g/mol. The van der Waals surface area contributed by atoms with E-state index in [4.69, 9.17) is 9.47 Å². The zero-order chi connectivity index (χ0) is 20.1. The van der Waals surface area contributed by atoms with E-state index in [0.29, 0.717) is 37.3 Å². The number of anilines is 1. The van der Waals surface area contributed by atoms with E-state index in [1.165, 1.54) is 31.2 Å². The van der Waals surface area contributed by atoms with E-state index in [1.807, 2.05) is 6.07 Å². The van der Waals surface area contributed by atoms with Gasteiger partial charge in [0.15, 0.2) is 0 Å².